The van der Waals surface area contributed by atoms with Crippen molar-refractivity contribution in [3.63, 3.8) is 0 Å². The lowest BCUT2D eigenvalue weighted by atomic mass is 10.0. The van der Waals surface area contributed by atoms with Crippen LogP contribution in [0.15, 0.2) is 36.4 Å². The van der Waals surface area contributed by atoms with Crippen molar-refractivity contribution < 1.29 is 19.1 Å². The highest BCUT2D eigenvalue weighted by atomic mass is 35.5. The van der Waals surface area contributed by atoms with Crippen molar-refractivity contribution in [2.24, 2.45) is 0 Å². The zero-order valence-electron chi connectivity index (χ0n) is 22.8. The average molecular weight is 574 g/mol. The van der Waals surface area contributed by atoms with E-state index in [-0.39, 0.29) is 18.4 Å². The lowest BCUT2D eigenvalue weighted by Crippen LogP contribution is -2.49. The molecular weight excluding hydrogens is 539 g/mol. The first-order valence-corrected chi connectivity index (χ1v) is 13.8. The molecule has 0 saturated carbocycles. The van der Waals surface area contributed by atoms with E-state index >= 15 is 0 Å². The second kappa shape index (κ2) is 12.9. The molecule has 0 spiro atoms. The third kappa shape index (κ3) is 6.75. The van der Waals surface area contributed by atoms with Gasteiger partial charge in [-0.2, -0.15) is 0 Å². The predicted octanol–water partition coefficient (Wildman–Crippen LogP) is 5.32. The summed E-state index contributed by atoms with van der Waals surface area (Å²) in [7, 11) is 4.01. The zero-order chi connectivity index (χ0) is 28.1. The fourth-order valence-electron chi connectivity index (χ4n) is 4.65. The average Bonchev–Trinajstić information content (AvgIpc) is 2.91. The topological polar surface area (TPSA) is 75.2 Å². The molecule has 1 aliphatic rings. The largest absolute Gasteiger partial charge is 0.477 e. The number of aromatic nitrogens is 1. The number of nitrogens with zero attached hydrogens (tertiary/aromatic N) is 4. The number of ether oxygens (including phenoxy) is 2. The van der Waals surface area contributed by atoms with Crippen molar-refractivity contribution in [1.29, 1.82) is 0 Å². The molecule has 208 valence electrons. The van der Waals surface area contributed by atoms with Crippen molar-refractivity contribution in [3.05, 3.63) is 63.1 Å². The van der Waals surface area contributed by atoms with Gasteiger partial charge in [0.1, 0.15) is 5.56 Å². The molecule has 1 fully saturated rings. The van der Waals surface area contributed by atoms with Crippen LogP contribution in [-0.2, 0) is 4.74 Å². The number of rotatable bonds is 9. The Hall–Kier alpha value is -3.07. The van der Waals surface area contributed by atoms with Gasteiger partial charge in [-0.15, -0.1) is 0 Å². The Morgan fingerprint density at radius 1 is 1.03 bits per heavy atom. The Kier molecular flexibility index (Phi) is 9.53. The van der Waals surface area contributed by atoms with Gasteiger partial charge < -0.3 is 24.2 Å². The van der Waals surface area contributed by atoms with Gasteiger partial charge in [-0.25, -0.2) is 9.78 Å². The molecule has 0 radical (unpaired) electrons. The Balaban J connectivity index is 1.67. The molecule has 1 aliphatic heterocycles. The number of fused-ring (bicyclic) bond motifs is 1. The summed E-state index contributed by atoms with van der Waals surface area (Å²) in [6, 6.07) is 10.9. The van der Waals surface area contributed by atoms with E-state index in [1.165, 1.54) is 0 Å². The van der Waals surface area contributed by atoms with E-state index in [9.17, 15) is 9.59 Å². The summed E-state index contributed by atoms with van der Waals surface area (Å²) in [5.41, 5.74) is 3.33. The van der Waals surface area contributed by atoms with Gasteiger partial charge in [-0.05, 0) is 64.7 Å². The molecule has 0 aliphatic carbocycles. The Bertz CT molecular complexity index is 1360. The number of carbonyl (C=O) groups excluding carboxylic acids is 2. The van der Waals surface area contributed by atoms with Crippen LogP contribution >= 0.6 is 23.2 Å². The van der Waals surface area contributed by atoms with Gasteiger partial charge in [-0.3, -0.25) is 4.79 Å². The van der Waals surface area contributed by atoms with Crippen LogP contribution in [0.4, 0.5) is 5.69 Å². The van der Waals surface area contributed by atoms with Gasteiger partial charge in [0.25, 0.3) is 5.91 Å². The second-order valence-corrected chi connectivity index (χ2v) is 10.6. The summed E-state index contributed by atoms with van der Waals surface area (Å²) >= 11 is 12.2. The van der Waals surface area contributed by atoms with E-state index < -0.39 is 5.97 Å². The number of hydrogen-bond acceptors (Lipinski definition) is 7. The standard InChI is InChI=1S/C29H34Cl2N4O4/c1-5-38-29(37)25-26(21-17-19(2)7-10-24(21)32-27(25)39-16-6-11-33(3)4)34-12-14-35(15-13-34)28(36)20-8-9-22(30)23(31)18-20/h7-10,17-18H,5-6,11-16H2,1-4H3. The smallest absolute Gasteiger partial charge is 0.345 e. The molecule has 0 atom stereocenters. The minimum atomic E-state index is -0.472. The van der Waals surface area contributed by atoms with E-state index in [4.69, 9.17) is 37.7 Å². The highest BCUT2D eigenvalue weighted by molar-refractivity contribution is 6.42. The summed E-state index contributed by atoms with van der Waals surface area (Å²) in [5, 5.41) is 1.60. The Morgan fingerprint density at radius 2 is 1.77 bits per heavy atom. The number of esters is 1. The van der Waals surface area contributed by atoms with E-state index in [0.717, 1.165) is 35.1 Å². The molecule has 4 rings (SSSR count). The number of halogens is 2. The first-order chi connectivity index (χ1) is 18.7. The molecule has 39 heavy (non-hydrogen) atoms. The SMILES string of the molecule is CCOC(=O)c1c(OCCCN(C)C)nc2ccc(C)cc2c1N1CCN(C(=O)c2ccc(Cl)c(Cl)c2)CC1. The first-order valence-electron chi connectivity index (χ1n) is 13.1. The highest BCUT2D eigenvalue weighted by Gasteiger charge is 2.30. The molecule has 10 heteroatoms. The maximum absolute atomic E-state index is 13.4. The zero-order valence-corrected chi connectivity index (χ0v) is 24.3. The lowest BCUT2D eigenvalue weighted by Gasteiger charge is -2.37. The Morgan fingerprint density at radius 3 is 2.44 bits per heavy atom. The van der Waals surface area contributed by atoms with Crippen molar-refractivity contribution >= 4 is 51.7 Å². The molecular formula is C29H34Cl2N4O4. The molecule has 1 amide bonds. The van der Waals surface area contributed by atoms with Gasteiger partial charge in [0.05, 0.1) is 34.5 Å². The molecule has 0 N–H and O–H groups in total. The monoisotopic (exact) mass is 572 g/mol. The number of amides is 1. The highest BCUT2D eigenvalue weighted by Crippen LogP contribution is 2.37. The van der Waals surface area contributed by atoms with E-state index in [1.54, 1.807) is 30.0 Å². The minimum Gasteiger partial charge on any atom is -0.477 e. The first kappa shape index (κ1) is 28.9. The summed E-state index contributed by atoms with van der Waals surface area (Å²) in [4.78, 5) is 37.3. The van der Waals surface area contributed by atoms with Gasteiger partial charge >= 0.3 is 5.97 Å². The summed E-state index contributed by atoms with van der Waals surface area (Å²) in [5.74, 6) is -0.313. The maximum atomic E-state index is 13.4. The fraction of sp³-hybridized carbons (Fsp3) is 0.414. The van der Waals surface area contributed by atoms with Crippen LogP contribution in [0.25, 0.3) is 10.9 Å². The van der Waals surface area contributed by atoms with Crippen molar-refractivity contribution in [2.45, 2.75) is 20.3 Å². The van der Waals surface area contributed by atoms with Gasteiger partial charge in [0, 0.05) is 43.7 Å². The summed E-state index contributed by atoms with van der Waals surface area (Å²) in [6.07, 6.45) is 0.785. The van der Waals surface area contributed by atoms with Crippen LogP contribution in [0, 0.1) is 6.92 Å². The normalized spacial score (nSPS) is 13.7. The quantitative estimate of drug-likeness (QED) is 0.254. The van der Waals surface area contributed by atoms with E-state index in [0.29, 0.717) is 54.0 Å². The van der Waals surface area contributed by atoms with Gasteiger partial charge in [0.15, 0.2) is 0 Å². The van der Waals surface area contributed by atoms with Crippen LogP contribution < -0.4 is 9.64 Å². The molecule has 1 aromatic heterocycles. The van der Waals surface area contributed by atoms with Crippen LogP contribution in [0.2, 0.25) is 10.0 Å². The number of benzene rings is 2. The third-order valence-electron chi connectivity index (χ3n) is 6.60. The van der Waals surface area contributed by atoms with Crippen molar-refractivity contribution in [3.8, 4) is 5.88 Å². The molecule has 3 aromatic rings. The van der Waals surface area contributed by atoms with Crippen LogP contribution in [0.1, 0.15) is 39.6 Å². The lowest BCUT2D eigenvalue weighted by molar-refractivity contribution is 0.0520. The molecule has 1 saturated heterocycles. The number of carbonyl (C=O) groups is 2. The Labute approximate surface area is 239 Å². The maximum Gasteiger partial charge on any atom is 0.345 e. The van der Waals surface area contributed by atoms with Crippen molar-refractivity contribution in [1.82, 2.24) is 14.8 Å². The number of anilines is 1. The molecule has 0 unspecified atom stereocenters. The second-order valence-electron chi connectivity index (χ2n) is 9.80. The molecule has 0 bridgehead atoms. The van der Waals surface area contributed by atoms with Gasteiger partial charge in [0.2, 0.25) is 5.88 Å². The number of hydrogen-bond donors (Lipinski definition) is 0. The van der Waals surface area contributed by atoms with Crippen LogP contribution in [0.5, 0.6) is 5.88 Å². The fourth-order valence-corrected chi connectivity index (χ4v) is 4.95. The molecule has 8 nitrogen and oxygen atoms in total. The minimum absolute atomic E-state index is 0.112. The third-order valence-corrected chi connectivity index (χ3v) is 7.34. The van der Waals surface area contributed by atoms with E-state index in [1.807, 2.05) is 39.2 Å². The number of pyridine rings is 1. The predicted molar refractivity (Wildman–Crippen MR) is 156 cm³/mol. The van der Waals surface area contributed by atoms with Gasteiger partial charge in [-0.1, -0.05) is 34.8 Å². The summed E-state index contributed by atoms with van der Waals surface area (Å²) in [6.45, 7) is 7.26. The van der Waals surface area contributed by atoms with Crippen molar-refractivity contribution in [2.75, 3.05) is 64.9 Å². The summed E-state index contributed by atoms with van der Waals surface area (Å²) < 4.78 is 11.6. The van der Waals surface area contributed by atoms with E-state index in [2.05, 4.69) is 9.80 Å². The van der Waals surface area contributed by atoms with Crippen LogP contribution in [0.3, 0.4) is 0 Å². The molecule has 2 aromatic carbocycles. The number of piperazine rings is 1. The number of aryl methyl sites for hydroxylation is 1. The molecule has 2 heterocycles. The van der Waals surface area contributed by atoms with Crippen LogP contribution in [-0.4, -0.2) is 86.7 Å².